The van der Waals surface area contributed by atoms with Gasteiger partial charge in [-0.2, -0.15) is 0 Å². The Morgan fingerprint density at radius 3 is 2.73 bits per heavy atom. The average Bonchev–Trinajstić information content (AvgIpc) is 3.16. The van der Waals surface area contributed by atoms with Crippen molar-refractivity contribution < 1.29 is 0 Å². The number of nitrogens with one attached hydrogen (secondary N) is 3. The predicted octanol–water partition coefficient (Wildman–Crippen LogP) is 0.913. The zero-order valence-electron chi connectivity index (χ0n) is 18.2. The second-order valence-electron chi connectivity index (χ2n) is 8.13. The molecule has 162 valence electrons. The van der Waals surface area contributed by atoms with Gasteiger partial charge in [-0.15, -0.1) is 0 Å². The molecule has 2 aromatic rings. The van der Waals surface area contributed by atoms with Crippen molar-refractivity contribution in [2.24, 2.45) is 10.7 Å². The fraction of sp³-hybridized carbons (Fsp3) is 0.571. The smallest absolute Gasteiger partial charge is 0.200 e. The molecule has 1 unspecified atom stereocenters. The first-order valence-corrected chi connectivity index (χ1v) is 10.9. The molecule has 2 aromatic heterocycles. The van der Waals surface area contributed by atoms with Crippen LogP contribution in [0.3, 0.4) is 0 Å². The van der Waals surface area contributed by atoms with E-state index in [4.69, 9.17) is 10.7 Å². The first kappa shape index (κ1) is 20.6. The Labute approximate surface area is 178 Å². The Kier molecular flexibility index (Phi) is 5.92. The van der Waals surface area contributed by atoms with Gasteiger partial charge >= 0.3 is 0 Å². The minimum atomic E-state index is -0.608. The van der Waals surface area contributed by atoms with Gasteiger partial charge in [0.05, 0.1) is 11.9 Å². The molecule has 0 saturated carbocycles. The molecule has 0 radical (unpaired) electrons. The van der Waals surface area contributed by atoms with Crippen LogP contribution in [-0.4, -0.2) is 59.5 Å². The zero-order valence-corrected chi connectivity index (χ0v) is 18.2. The largest absolute Gasteiger partial charge is 0.381 e. The quantitative estimate of drug-likeness (QED) is 0.536. The molecule has 30 heavy (non-hydrogen) atoms. The highest BCUT2D eigenvalue weighted by molar-refractivity contribution is 5.95. The van der Waals surface area contributed by atoms with Gasteiger partial charge in [-0.3, -0.25) is 10.7 Å². The molecule has 1 saturated heterocycles. The number of piperazine rings is 1. The number of aliphatic imine (C=N–C) groups is 1. The van der Waals surface area contributed by atoms with E-state index in [0.717, 1.165) is 68.9 Å². The first-order chi connectivity index (χ1) is 14.5. The summed E-state index contributed by atoms with van der Waals surface area (Å²) in [6.07, 6.45) is 7.55. The number of amidine groups is 1. The van der Waals surface area contributed by atoms with Gasteiger partial charge in [0.1, 0.15) is 5.82 Å². The van der Waals surface area contributed by atoms with Gasteiger partial charge in [0.2, 0.25) is 0 Å². The number of aromatic nitrogens is 3. The lowest BCUT2D eigenvalue weighted by Gasteiger charge is -2.36. The molecule has 9 nitrogen and oxygen atoms in total. The summed E-state index contributed by atoms with van der Waals surface area (Å²) in [5, 5.41) is 6.70. The molecule has 1 atom stereocenters. The Hall–Kier alpha value is -2.65. The van der Waals surface area contributed by atoms with Gasteiger partial charge in [-0.1, -0.05) is 19.4 Å². The third kappa shape index (κ3) is 3.99. The van der Waals surface area contributed by atoms with E-state index in [1.807, 2.05) is 24.1 Å². The van der Waals surface area contributed by atoms with Crippen molar-refractivity contribution in [2.75, 3.05) is 43.6 Å². The summed E-state index contributed by atoms with van der Waals surface area (Å²) < 4.78 is 1.98. The Bertz CT molecular complexity index is 913. The number of anilines is 1. The molecule has 1 fully saturated rings. The standard InChI is InChI=1S/C21H33N9/c1-4-5-6-21(23-3)27-18(22)20-26-14-17(30(20)28-21)12-16-11-15(2)19(25-13-16)29-9-7-24-8-10-29/h11,13-14,23-24,28H,4-10,12H2,1-3H3,(H2,22,27). The van der Waals surface area contributed by atoms with Gasteiger partial charge in [0, 0.05) is 45.2 Å². The Balaban J connectivity index is 1.56. The maximum absolute atomic E-state index is 6.27. The molecule has 2 aliphatic heterocycles. The molecular weight excluding hydrogens is 378 g/mol. The average molecular weight is 412 g/mol. The van der Waals surface area contributed by atoms with Crippen molar-refractivity contribution >= 4 is 11.7 Å². The number of fused-ring (bicyclic) bond motifs is 1. The second kappa shape index (κ2) is 8.61. The molecule has 4 rings (SSSR count). The molecule has 0 aromatic carbocycles. The van der Waals surface area contributed by atoms with E-state index in [1.165, 1.54) is 5.56 Å². The maximum atomic E-state index is 6.27. The van der Waals surface area contributed by atoms with Crippen molar-refractivity contribution in [2.45, 2.75) is 45.3 Å². The van der Waals surface area contributed by atoms with Crippen LogP contribution in [0.5, 0.6) is 0 Å². The molecule has 5 N–H and O–H groups in total. The third-order valence-corrected chi connectivity index (χ3v) is 5.89. The van der Waals surface area contributed by atoms with E-state index in [1.54, 1.807) is 0 Å². The number of pyridine rings is 1. The highest BCUT2D eigenvalue weighted by Gasteiger charge is 2.34. The first-order valence-electron chi connectivity index (χ1n) is 10.9. The van der Waals surface area contributed by atoms with Crippen LogP contribution in [0.1, 0.15) is 48.8 Å². The molecule has 2 aliphatic rings. The van der Waals surface area contributed by atoms with Crippen LogP contribution in [0.25, 0.3) is 0 Å². The number of rotatable bonds is 7. The van der Waals surface area contributed by atoms with Crippen molar-refractivity contribution in [1.82, 2.24) is 25.3 Å². The number of hydrogen-bond donors (Lipinski definition) is 4. The summed E-state index contributed by atoms with van der Waals surface area (Å²) in [7, 11) is 1.91. The van der Waals surface area contributed by atoms with Gasteiger partial charge in [0.15, 0.2) is 17.4 Å². The molecular formula is C21H33N9. The van der Waals surface area contributed by atoms with Crippen molar-refractivity contribution in [3.05, 3.63) is 41.1 Å². The predicted molar refractivity (Wildman–Crippen MR) is 120 cm³/mol. The van der Waals surface area contributed by atoms with Crippen LogP contribution in [0, 0.1) is 6.92 Å². The van der Waals surface area contributed by atoms with Crippen LogP contribution >= 0.6 is 0 Å². The molecule has 0 bridgehead atoms. The van der Waals surface area contributed by atoms with Crippen LogP contribution in [0.4, 0.5) is 5.82 Å². The van der Waals surface area contributed by atoms with Crippen LogP contribution in [0.15, 0.2) is 23.5 Å². The summed E-state index contributed by atoms with van der Waals surface area (Å²) >= 11 is 0. The van der Waals surface area contributed by atoms with Gasteiger partial charge in [-0.05, 0) is 31.5 Å². The highest BCUT2D eigenvalue weighted by atomic mass is 15.6. The number of aryl methyl sites for hydroxylation is 1. The Morgan fingerprint density at radius 2 is 2.03 bits per heavy atom. The summed E-state index contributed by atoms with van der Waals surface area (Å²) in [6, 6.07) is 2.23. The number of hydrogen-bond acceptors (Lipinski definition) is 8. The third-order valence-electron chi connectivity index (χ3n) is 5.89. The van der Waals surface area contributed by atoms with E-state index in [9.17, 15) is 0 Å². The minimum Gasteiger partial charge on any atom is -0.381 e. The lowest BCUT2D eigenvalue weighted by atomic mass is 10.1. The van der Waals surface area contributed by atoms with Gasteiger partial charge < -0.3 is 16.0 Å². The van der Waals surface area contributed by atoms with E-state index in [-0.39, 0.29) is 0 Å². The minimum absolute atomic E-state index is 0.453. The molecule has 9 heteroatoms. The number of nitrogens with zero attached hydrogens (tertiary/aromatic N) is 5. The fourth-order valence-electron chi connectivity index (χ4n) is 4.20. The lowest BCUT2D eigenvalue weighted by molar-refractivity contribution is 0.333. The molecule has 0 amide bonds. The number of unbranched alkanes of at least 4 members (excludes halogenated alkanes) is 1. The van der Waals surface area contributed by atoms with Crippen LogP contribution in [0.2, 0.25) is 0 Å². The Morgan fingerprint density at radius 1 is 1.23 bits per heavy atom. The van der Waals surface area contributed by atoms with E-state index in [0.29, 0.717) is 11.7 Å². The van der Waals surface area contributed by atoms with Crippen LogP contribution in [-0.2, 0) is 6.42 Å². The summed E-state index contributed by atoms with van der Waals surface area (Å²) in [5.41, 5.74) is 13.2. The lowest BCUT2D eigenvalue weighted by Crippen LogP contribution is -2.57. The topological polar surface area (TPSA) is 108 Å². The van der Waals surface area contributed by atoms with Gasteiger partial charge in [0.25, 0.3) is 0 Å². The fourth-order valence-corrected chi connectivity index (χ4v) is 4.20. The molecule has 0 aliphatic carbocycles. The van der Waals surface area contributed by atoms with Crippen LogP contribution < -0.4 is 26.7 Å². The van der Waals surface area contributed by atoms with Crippen molar-refractivity contribution in [3.63, 3.8) is 0 Å². The summed E-state index contributed by atoms with van der Waals surface area (Å²) in [4.78, 5) is 16.3. The summed E-state index contributed by atoms with van der Waals surface area (Å²) in [6.45, 7) is 8.31. The molecule has 0 spiro atoms. The van der Waals surface area contributed by atoms with Crippen molar-refractivity contribution in [3.8, 4) is 0 Å². The normalized spacial score (nSPS) is 21.2. The van der Waals surface area contributed by atoms with Gasteiger partial charge in [-0.25, -0.2) is 19.6 Å². The number of nitrogens with two attached hydrogens (primary N) is 1. The SMILES string of the molecule is CCCCC1(NC)N=C(N)c2ncc(Cc3cnc(N4CCNCC4)c(C)c3)n2N1. The summed E-state index contributed by atoms with van der Waals surface area (Å²) in [5.74, 6) is 1.59. The zero-order chi connectivity index (χ0) is 21.1. The van der Waals surface area contributed by atoms with Crippen molar-refractivity contribution in [1.29, 1.82) is 0 Å². The highest BCUT2D eigenvalue weighted by Crippen LogP contribution is 2.24. The van der Waals surface area contributed by atoms with E-state index in [2.05, 4.69) is 50.8 Å². The molecule has 4 heterocycles. The number of imidazole rings is 1. The maximum Gasteiger partial charge on any atom is 0.200 e. The monoisotopic (exact) mass is 411 g/mol. The van der Waals surface area contributed by atoms with E-state index >= 15 is 0 Å². The second-order valence-corrected chi connectivity index (χ2v) is 8.13. The van der Waals surface area contributed by atoms with E-state index < -0.39 is 5.79 Å².